The van der Waals surface area contributed by atoms with Crippen molar-refractivity contribution in [1.29, 1.82) is 0 Å². The molecule has 18 heteroatoms. The summed E-state index contributed by atoms with van der Waals surface area (Å²) >= 11 is 8.02. The minimum atomic E-state index is -4.21. The molecule has 7 rings (SSSR count). The van der Waals surface area contributed by atoms with Crippen LogP contribution in [0.15, 0.2) is 117 Å². The Morgan fingerprint density at radius 3 is 2.19 bits per heavy atom. The Hall–Kier alpha value is -4.43. The summed E-state index contributed by atoms with van der Waals surface area (Å²) in [6.45, 7) is 16.0. The highest BCUT2D eigenvalue weighted by Crippen LogP contribution is 2.45. The molecule has 2 atom stereocenters. The third kappa shape index (κ3) is 18.6. The highest BCUT2D eigenvalue weighted by molar-refractivity contribution is 7.99. The van der Waals surface area contributed by atoms with E-state index in [0.717, 1.165) is 99.8 Å². The van der Waals surface area contributed by atoms with E-state index in [4.69, 9.17) is 30.5 Å². The average Bonchev–Trinajstić information content (AvgIpc) is 3.43. The monoisotopic (exact) mass is 1150 g/mol. The Balaban J connectivity index is 0.925. The number of ether oxygens (including phenoxy) is 4. The zero-order chi connectivity index (χ0) is 55.9. The van der Waals surface area contributed by atoms with Crippen LogP contribution in [0.4, 0.5) is 5.69 Å². The van der Waals surface area contributed by atoms with E-state index in [1.807, 2.05) is 42.5 Å². The molecule has 0 N–H and O–H groups in total. The van der Waals surface area contributed by atoms with Crippen molar-refractivity contribution in [3.05, 3.63) is 124 Å². The summed E-state index contributed by atoms with van der Waals surface area (Å²) in [6, 6.07) is 29.3. The van der Waals surface area contributed by atoms with Crippen LogP contribution < -0.4 is 4.90 Å². The van der Waals surface area contributed by atoms with Gasteiger partial charge in [-0.05, 0) is 149 Å². The molecular weight excluding hydrogens is 1070 g/mol. The molecule has 0 bridgehead atoms. The molecule has 0 saturated carbocycles. The van der Waals surface area contributed by atoms with Gasteiger partial charge in [-0.2, -0.15) is 0 Å². The van der Waals surface area contributed by atoms with Crippen LogP contribution in [0, 0.1) is 11.3 Å². The second-order valence-electron chi connectivity index (χ2n) is 22.1. The quantitative estimate of drug-likeness (QED) is 0.0240. The summed E-state index contributed by atoms with van der Waals surface area (Å²) in [5.74, 6) is -0.698. The number of sulfone groups is 2. The molecular formula is C60H78ClN3O11S3. The summed E-state index contributed by atoms with van der Waals surface area (Å²) < 4.78 is 76.3. The van der Waals surface area contributed by atoms with E-state index in [9.17, 15) is 31.2 Å². The molecule has 14 nitrogen and oxygen atoms in total. The first-order chi connectivity index (χ1) is 37.1. The van der Waals surface area contributed by atoms with Gasteiger partial charge in [0.2, 0.25) is 0 Å². The summed E-state index contributed by atoms with van der Waals surface area (Å²) in [5, 5.41) is 0.669. The lowest BCUT2D eigenvalue weighted by atomic mass is 9.68. The number of rotatable bonds is 27. The van der Waals surface area contributed by atoms with Gasteiger partial charge in [0.05, 0.1) is 36.2 Å². The SMILES string of the molecule is CC(C)(C)OC(=O)COCCOCCCC(=O)C1(C)CCC(c2ccc(Cl)cc2)=C(CN2CCN(c3ccc(C(=O)CS(=O)(=O)c4ccc(C[C@H](CCN5CCOCC5)CSc5ccccc5)c(S(C)(=O)=O)c4)cc3)CC2)C1. The second kappa shape index (κ2) is 28.3. The number of ketones is 2. The number of hydrogen-bond acceptors (Lipinski definition) is 15. The number of morpholine rings is 1. The molecule has 4 aromatic rings. The van der Waals surface area contributed by atoms with E-state index in [-0.39, 0.29) is 40.3 Å². The number of allylic oxidation sites excluding steroid dienone is 1. The van der Waals surface area contributed by atoms with Crippen LogP contribution in [0.2, 0.25) is 5.02 Å². The van der Waals surface area contributed by atoms with Crippen molar-refractivity contribution in [1.82, 2.24) is 9.80 Å². The van der Waals surface area contributed by atoms with Crippen molar-refractivity contribution >= 4 is 71.8 Å². The van der Waals surface area contributed by atoms with Gasteiger partial charge < -0.3 is 23.8 Å². The Bertz CT molecular complexity index is 2900. The summed E-state index contributed by atoms with van der Waals surface area (Å²) in [4.78, 5) is 47.4. The van der Waals surface area contributed by atoms with E-state index in [1.165, 1.54) is 23.3 Å². The number of halogens is 1. The van der Waals surface area contributed by atoms with Crippen LogP contribution >= 0.6 is 23.4 Å². The first kappa shape index (κ1) is 61.2. The number of thioether (sulfide) groups is 1. The number of Topliss-reactive ketones (excluding diaryl/α,β-unsaturated/α-hetero) is 2. The molecule has 3 aliphatic rings. The van der Waals surface area contributed by atoms with Crippen LogP contribution in [0.25, 0.3) is 5.57 Å². The van der Waals surface area contributed by atoms with Gasteiger partial charge in [0, 0.05) is 97.4 Å². The fourth-order valence-electron chi connectivity index (χ4n) is 10.4. The van der Waals surface area contributed by atoms with Crippen LogP contribution in [0.1, 0.15) is 87.7 Å². The fourth-order valence-corrected chi connectivity index (χ4v) is 13.8. The lowest BCUT2D eigenvalue weighted by Gasteiger charge is -2.40. The van der Waals surface area contributed by atoms with Gasteiger partial charge in [-0.1, -0.05) is 60.5 Å². The molecule has 0 radical (unpaired) electrons. The molecule has 4 aromatic carbocycles. The maximum absolute atomic E-state index is 13.9. The lowest BCUT2D eigenvalue weighted by Crippen LogP contribution is -2.47. The van der Waals surface area contributed by atoms with Crippen LogP contribution in [-0.2, 0) is 54.6 Å². The van der Waals surface area contributed by atoms with Crippen molar-refractivity contribution < 1.29 is 50.2 Å². The number of benzene rings is 4. The molecule has 0 spiro atoms. The number of hydrogen-bond donors (Lipinski definition) is 0. The first-order valence-corrected chi connectivity index (χ1v) is 32.1. The van der Waals surface area contributed by atoms with E-state index in [2.05, 4.69) is 45.9 Å². The molecule has 0 amide bonds. The van der Waals surface area contributed by atoms with E-state index < -0.39 is 48.2 Å². The largest absolute Gasteiger partial charge is 0.458 e. The van der Waals surface area contributed by atoms with Crippen molar-refractivity contribution in [2.75, 3.05) is 115 Å². The van der Waals surface area contributed by atoms with Crippen molar-refractivity contribution in [3.8, 4) is 0 Å². The standard InChI is InChI=1S/C60H78ClN3O11S3/c1-59(2,3)75-58(67)42-74-37-36-72-33-9-12-57(66)60(4)25-23-54(46-13-18-50(61)19-14-46)49(40-60)41-63-27-29-64(30-28-63)51-20-15-47(16-21-51)55(65)44-78(70,71)53-22-17-48(56(39-53)77(5,68)69)38-45(24-26-62-31-34-73-35-32-62)43-76-52-10-7-6-8-11-52/h6-8,10-11,13-22,39,45H,9,12,23-38,40-44H2,1-5H3/t45-,60?/m0/s1. The molecule has 0 aromatic heterocycles. The molecule has 424 valence electrons. The predicted octanol–water partition coefficient (Wildman–Crippen LogP) is 9.56. The number of nitrogens with zero attached hydrogens (tertiary/aromatic N) is 3. The van der Waals surface area contributed by atoms with Crippen LogP contribution in [-0.4, -0.2) is 160 Å². The van der Waals surface area contributed by atoms with E-state index in [0.29, 0.717) is 62.7 Å². The Labute approximate surface area is 472 Å². The second-order valence-corrected chi connectivity index (χ2v) is 27.6. The molecule has 1 unspecified atom stereocenters. The number of anilines is 1. The van der Waals surface area contributed by atoms with Gasteiger partial charge in [-0.15, -0.1) is 11.8 Å². The predicted molar refractivity (Wildman–Crippen MR) is 309 cm³/mol. The van der Waals surface area contributed by atoms with Gasteiger partial charge in [-0.3, -0.25) is 19.4 Å². The topological polar surface area (TPSA) is 166 Å². The fraction of sp³-hybridized carbons (Fsp3) is 0.517. The smallest absolute Gasteiger partial charge is 0.332 e. The van der Waals surface area contributed by atoms with Crippen LogP contribution in [0.3, 0.4) is 0 Å². The molecule has 78 heavy (non-hydrogen) atoms. The average molecular weight is 1150 g/mol. The number of carbonyl (C=O) groups is 3. The van der Waals surface area contributed by atoms with Gasteiger partial charge in [0.15, 0.2) is 25.5 Å². The molecule has 2 fully saturated rings. The van der Waals surface area contributed by atoms with Gasteiger partial charge in [0.25, 0.3) is 0 Å². The molecule has 2 aliphatic heterocycles. The number of esters is 1. The first-order valence-electron chi connectivity index (χ1n) is 27.2. The minimum Gasteiger partial charge on any atom is -0.458 e. The highest BCUT2D eigenvalue weighted by Gasteiger charge is 2.38. The maximum Gasteiger partial charge on any atom is 0.332 e. The third-order valence-corrected chi connectivity index (χ3v) is 19.0. The van der Waals surface area contributed by atoms with Crippen LogP contribution in [0.5, 0.6) is 0 Å². The third-order valence-electron chi connectivity index (χ3n) is 14.7. The van der Waals surface area contributed by atoms with Gasteiger partial charge in [0.1, 0.15) is 23.7 Å². The van der Waals surface area contributed by atoms with E-state index in [1.54, 1.807) is 50.7 Å². The zero-order valence-electron chi connectivity index (χ0n) is 46.0. The summed E-state index contributed by atoms with van der Waals surface area (Å²) in [5.41, 5.74) is 4.29. The zero-order valence-corrected chi connectivity index (χ0v) is 49.2. The van der Waals surface area contributed by atoms with Crippen molar-refractivity contribution in [2.45, 2.75) is 92.9 Å². The Morgan fingerprint density at radius 1 is 0.821 bits per heavy atom. The van der Waals surface area contributed by atoms with E-state index >= 15 is 0 Å². The highest BCUT2D eigenvalue weighted by atomic mass is 35.5. The Kier molecular flexibility index (Phi) is 22.2. The van der Waals surface area contributed by atoms with Gasteiger partial charge in [-0.25, -0.2) is 21.6 Å². The summed E-state index contributed by atoms with van der Waals surface area (Å²) in [7, 11) is -8.04. The molecule has 2 heterocycles. The molecule has 2 saturated heterocycles. The molecule has 1 aliphatic carbocycles. The maximum atomic E-state index is 13.9. The van der Waals surface area contributed by atoms with Crippen molar-refractivity contribution in [2.24, 2.45) is 11.3 Å². The van der Waals surface area contributed by atoms with Crippen molar-refractivity contribution in [3.63, 3.8) is 0 Å². The summed E-state index contributed by atoms with van der Waals surface area (Å²) in [6.07, 6.45) is 5.57. The lowest BCUT2D eigenvalue weighted by molar-refractivity contribution is -0.160. The normalized spacial score (nSPS) is 18.5. The Morgan fingerprint density at radius 2 is 1.51 bits per heavy atom. The minimum absolute atomic E-state index is 0.0277. The number of piperazine rings is 1. The number of carbonyl (C=O) groups excluding carboxylic acids is 3. The van der Waals surface area contributed by atoms with Gasteiger partial charge >= 0.3 is 5.97 Å².